The topological polar surface area (TPSA) is 55.2 Å². The molecule has 0 saturated carbocycles. The van der Waals surface area contributed by atoms with Crippen LogP contribution in [0.25, 0.3) is 0 Å². The standard InChI is InChI=1S/C15H16FN3O2/c1-18(2)12-8-15(21)19(17-9-12)10-13(20)7-11-5-3-4-6-14(11)16/h3-6,8-9H,7,10H2,1-2H3. The highest BCUT2D eigenvalue weighted by molar-refractivity contribution is 5.80. The number of halogens is 1. The molecule has 5 nitrogen and oxygen atoms in total. The lowest BCUT2D eigenvalue weighted by atomic mass is 10.1. The van der Waals surface area contributed by atoms with Gasteiger partial charge in [-0.25, -0.2) is 9.07 Å². The van der Waals surface area contributed by atoms with Gasteiger partial charge in [-0.2, -0.15) is 5.10 Å². The van der Waals surface area contributed by atoms with Gasteiger partial charge in [0.25, 0.3) is 5.56 Å². The van der Waals surface area contributed by atoms with E-state index in [1.54, 1.807) is 37.2 Å². The lowest BCUT2D eigenvalue weighted by Gasteiger charge is -2.12. The van der Waals surface area contributed by atoms with Crippen molar-refractivity contribution in [1.29, 1.82) is 0 Å². The summed E-state index contributed by atoms with van der Waals surface area (Å²) in [6.45, 7) is -0.166. The predicted octanol–water partition coefficient (Wildman–Crippen LogP) is 1.26. The molecule has 0 spiro atoms. The van der Waals surface area contributed by atoms with Gasteiger partial charge >= 0.3 is 0 Å². The van der Waals surface area contributed by atoms with Crippen LogP contribution < -0.4 is 10.5 Å². The van der Waals surface area contributed by atoms with Gasteiger partial charge in [0, 0.05) is 26.6 Å². The summed E-state index contributed by atoms with van der Waals surface area (Å²) in [5.74, 6) is -0.693. The molecule has 0 bridgehead atoms. The van der Waals surface area contributed by atoms with Gasteiger partial charge in [-0.05, 0) is 11.6 Å². The van der Waals surface area contributed by atoms with Crippen LogP contribution >= 0.6 is 0 Å². The molecule has 0 unspecified atom stereocenters. The Bertz CT molecular complexity index is 710. The zero-order valence-electron chi connectivity index (χ0n) is 11.9. The average Bonchev–Trinajstić information content (AvgIpc) is 2.43. The van der Waals surface area contributed by atoms with E-state index in [4.69, 9.17) is 0 Å². The van der Waals surface area contributed by atoms with Crippen LogP contribution in [0.3, 0.4) is 0 Å². The van der Waals surface area contributed by atoms with E-state index in [0.717, 1.165) is 4.68 Å². The van der Waals surface area contributed by atoms with Gasteiger partial charge in [-0.1, -0.05) is 18.2 Å². The first kappa shape index (κ1) is 14.9. The van der Waals surface area contributed by atoms with Crippen molar-refractivity contribution in [2.45, 2.75) is 13.0 Å². The number of nitrogens with zero attached hydrogens (tertiary/aromatic N) is 3. The summed E-state index contributed by atoms with van der Waals surface area (Å²) in [5, 5.41) is 3.95. The Kier molecular flexibility index (Phi) is 4.47. The molecule has 110 valence electrons. The number of Topliss-reactive ketones (excluding diaryl/α,β-unsaturated/α-hetero) is 1. The van der Waals surface area contributed by atoms with Gasteiger partial charge in [0.15, 0.2) is 5.78 Å². The van der Waals surface area contributed by atoms with E-state index in [2.05, 4.69) is 5.10 Å². The SMILES string of the molecule is CN(C)c1cnn(CC(=O)Cc2ccccc2F)c(=O)c1. The van der Waals surface area contributed by atoms with E-state index in [1.165, 1.54) is 18.3 Å². The van der Waals surface area contributed by atoms with E-state index in [1.807, 2.05) is 0 Å². The van der Waals surface area contributed by atoms with Gasteiger partial charge in [0.05, 0.1) is 11.9 Å². The number of aromatic nitrogens is 2. The van der Waals surface area contributed by atoms with Crippen molar-refractivity contribution in [3.63, 3.8) is 0 Å². The van der Waals surface area contributed by atoms with Crippen molar-refractivity contribution in [3.05, 3.63) is 58.3 Å². The number of anilines is 1. The zero-order chi connectivity index (χ0) is 15.4. The summed E-state index contributed by atoms with van der Waals surface area (Å²) in [6.07, 6.45) is 1.45. The molecule has 0 aliphatic rings. The highest BCUT2D eigenvalue weighted by Crippen LogP contribution is 2.08. The summed E-state index contributed by atoms with van der Waals surface area (Å²) in [6, 6.07) is 7.50. The van der Waals surface area contributed by atoms with E-state index < -0.39 is 5.82 Å². The molecular weight excluding hydrogens is 273 g/mol. The fourth-order valence-electron chi connectivity index (χ4n) is 1.86. The highest BCUT2D eigenvalue weighted by atomic mass is 19.1. The average molecular weight is 289 g/mol. The van der Waals surface area contributed by atoms with Crippen molar-refractivity contribution in [2.75, 3.05) is 19.0 Å². The van der Waals surface area contributed by atoms with E-state index in [0.29, 0.717) is 11.3 Å². The number of hydrogen-bond donors (Lipinski definition) is 0. The molecule has 1 aromatic heterocycles. The maximum Gasteiger partial charge on any atom is 0.269 e. The van der Waals surface area contributed by atoms with Gasteiger partial charge in [0.2, 0.25) is 0 Å². The first-order valence-electron chi connectivity index (χ1n) is 6.47. The molecule has 1 aromatic carbocycles. The Labute approximate surface area is 121 Å². The number of rotatable bonds is 5. The molecule has 0 radical (unpaired) electrons. The number of carbonyl (C=O) groups is 1. The third kappa shape index (κ3) is 3.75. The maximum absolute atomic E-state index is 13.5. The van der Waals surface area contributed by atoms with E-state index >= 15 is 0 Å². The zero-order valence-corrected chi connectivity index (χ0v) is 11.9. The smallest absolute Gasteiger partial charge is 0.269 e. The van der Waals surface area contributed by atoms with Crippen LogP contribution in [0.4, 0.5) is 10.1 Å². The molecule has 2 rings (SSSR count). The summed E-state index contributed by atoms with van der Waals surface area (Å²) >= 11 is 0. The number of hydrogen-bond acceptors (Lipinski definition) is 4. The molecule has 0 saturated heterocycles. The molecule has 0 aliphatic heterocycles. The lowest BCUT2D eigenvalue weighted by Crippen LogP contribution is -2.28. The largest absolute Gasteiger partial charge is 0.376 e. The Morgan fingerprint density at radius 1 is 1.33 bits per heavy atom. The predicted molar refractivity (Wildman–Crippen MR) is 77.9 cm³/mol. The van der Waals surface area contributed by atoms with Crippen molar-refractivity contribution in [3.8, 4) is 0 Å². The summed E-state index contributed by atoms with van der Waals surface area (Å²) < 4.78 is 14.5. The van der Waals surface area contributed by atoms with Crippen LogP contribution in [0.15, 0.2) is 41.3 Å². The van der Waals surface area contributed by atoms with Gasteiger partial charge in [-0.3, -0.25) is 9.59 Å². The highest BCUT2D eigenvalue weighted by Gasteiger charge is 2.10. The third-order valence-corrected chi connectivity index (χ3v) is 3.04. The minimum Gasteiger partial charge on any atom is -0.376 e. The Morgan fingerprint density at radius 2 is 2.05 bits per heavy atom. The van der Waals surface area contributed by atoms with Crippen LogP contribution in [0, 0.1) is 5.82 Å². The molecule has 6 heteroatoms. The summed E-state index contributed by atoms with van der Waals surface area (Å²) in [4.78, 5) is 25.5. The number of carbonyl (C=O) groups excluding carboxylic acids is 1. The first-order valence-corrected chi connectivity index (χ1v) is 6.47. The summed E-state index contributed by atoms with van der Waals surface area (Å²) in [5.41, 5.74) is 0.626. The van der Waals surface area contributed by atoms with Crippen molar-refractivity contribution in [1.82, 2.24) is 9.78 Å². The first-order chi connectivity index (χ1) is 9.97. The minimum absolute atomic E-state index is 0.0593. The van der Waals surface area contributed by atoms with Crippen LogP contribution in [0.1, 0.15) is 5.56 Å². The Hall–Kier alpha value is -2.50. The molecule has 0 N–H and O–H groups in total. The second-order valence-corrected chi connectivity index (χ2v) is 4.91. The third-order valence-electron chi connectivity index (χ3n) is 3.04. The molecule has 1 heterocycles. The number of benzene rings is 1. The molecule has 0 atom stereocenters. The maximum atomic E-state index is 13.5. The minimum atomic E-state index is -0.422. The van der Waals surface area contributed by atoms with Gasteiger partial charge in [0.1, 0.15) is 12.4 Å². The van der Waals surface area contributed by atoms with Crippen LogP contribution in [0.2, 0.25) is 0 Å². The van der Waals surface area contributed by atoms with Gasteiger partial charge in [-0.15, -0.1) is 0 Å². The Balaban J connectivity index is 2.10. The quantitative estimate of drug-likeness (QED) is 0.831. The monoisotopic (exact) mass is 289 g/mol. The van der Waals surface area contributed by atoms with Crippen LogP contribution in [-0.4, -0.2) is 29.7 Å². The van der Waals surface area contributed by atoms with Crippen molar-refractivity contribution < 1.29 is 9.18 Å². The number of ketones is 1. The Morgan fingerprint density at radius 3 is 2.67 bits per heavy atom. The van der Waals surface area contributed by atoms with Crippen molar-refractivity contribution in [2.24, 2.45) is 0 Å². The second-order valence-electron chi connectivity index (χ2n) is 4.91. The molecule has 0 aliphatic carbocycles. The second kappa shape index (κ2) is 6.30. The fourth-order valence-corrected chi connectivity index (χ4v) is 1.86. The van der Waals surface area contributed by atoms with E-state index in [-0.39, 0.29) is 24.3 Å². The normalized spacial score (nSPS) is 10.4. The lowest BCUT2D eigenvalue weighted by molar-refractivity contribution is -0.119. The molecule has 0 amide bonds. The molecule has 21 heavy (non-hydrogen) atoms. The fraction of sp³-hybridized carbons (Fsp3) is 0.267. The molecule has 2 aromatic rings. The van der Waals surface area contributed by atoms with Gasteiger partial charge < -0.3 is 4.90 Å². The van der Waals surface area contributed by atoms with Crippen molar-refractivity contribution >= 4 is 11.5 Å². The molecular formula is C15H16FN3O2. The van der Waals surface area contributed by atoms with E-state index in [9.17, 15) is 14.0 Å². The van der Waals surface area contributed by atoms with Crippen LogP contribution in [-0.2, 0) is 17.8 Å². The summed E-state index contributed by atoms with van der Waals surface area (Å²) in [7, 11) is 3.59. The molecule has 0 fully saturated rings. The van der Waals surface area contributed by atoms with Crippen LogP contribution in [0.5, 0.6) is 0 Å².